The number of hydrogen-bond acceptors (Lipinski definition) is 1. The molecule has 1 atom stereocenters. The Bertz CT molecular complexity index is 415. The van der Waals surface area contributed by atoms with Crippen molar-refractivity contribution >= 4 is 0 Å². The number of rotatable bonds is 3. The lowest BCUT2D eigenvalue weighted by atomic mass is 10.2. The van der Waals surface area contributed by atoms with Crippen LogP contribution in [0, 0.1) is 0 Å². The monoisotopic (exact) mass is 200 g/mol. The lowest BCUT2D eigenvalue weighted by molar-refractivity contribution is 0.777. The summed E-state index contributed by atoms with van der Waals surface area (Å²) in [6.07, 6.45) is 4.18. The lowest BCUT2D eigenvalue weighted by Crippen LogP contribution is -2.03. The predicted molar refractivity (Wildman–Crippen MR) is 62.6 cm³/mol. The summed E-state index contributed by atoms with van der Waals surface area (Å²) < 4.78 is 2.16. The summed E-state index contributed by atoms with van der Waals surface area (Å²) in [5, 5.41) is 0. The van der Waals surface area contributed by atoms with E-state index in [0.29, 0.717) is 0 Å². The molecule has 1 heterocycles. The normalized spacial score (nSPS) is 12.7. The van der Waals surface area contributed by atoms with E-state index in [1.54, 1.807) is 0 Å². The van der Waals surface area contributed by atoms with E-state index < -0.39 is 0 Å². The Kier molecular flexibility index (Phi) is 2.88. The maximum absolute atomic E-state index is 5.81. The minimum Gasteiger partial charge on any atom is -0.350 e. The average Bonchev–Trinajstić information content (AvgIpc) is 2.68. The van der Waals surface area contributed by atoms with E-state index in [9.17, 15) is 0 Å². The Morgan fingerprint density at radius 1 is 1.20 bits per heavy atom. The highest BCUT2D eigenvalue weighted by Crippen LogP contribution is 2.11. The van der Waals surface area contributed by atoms with Gasteiger partial charge in [-0.3, -0.25) is 0 Å². The van der Waals surface area contributed by atoms with E-state index in [2.05, 4.69) is 47.3 Å². The summed E-state index contributed by atoms with van der Waals surface area (Å²) >= 11 is 0. The zero-order valence-corrected chi connectivity index (χ0v) is 8.93. The van der Waals surface area contributed by atoms with Crippen LogP contribution in [-0.4, -0.2) is 4.57 Å². The van der Waals surface area contributed by atoms with E-state index in [4.69, 9.17) is 5.73 Å². The van der Waals surface area contributed by atoms with Gasteiger partial charge in [0.15, 0.2) is 0 Å². The number of nitrogens with zero attached hydrogens (tertiary/aromatic N) is 1. The van der Waals surface area contributed by atoms with Crippen molar-refractivity contribution in [2.24, 2.45) is 5.73 Å². The first kappa shape index (κ1) is 9.99. The summed E-state index contributed by atoms with van der Waals surface area (Å²) in [5.41, 5.74) is 8.30. The van der Waals surface area contributed by atoms with Crippen LogP contribution in [0.1, 0.15) is 24.1 Å². The molecule has 0 fully saturated rings. The second-order valence-corrected chi connectivity index (χ2v) is 3.89. The van der Waals surface area contributed by atoms with Crippen LogP contribution in [0.15, 0.2) is 48.8 Å². The molecule has 2 rings (SSSR count). The molecular weight excluding hydrogens is 184 g/mol. The minimum atomic E-state index is 0.113. The third kappa shape index (κ3) is 2.48. The molecule has 0 aliphatic heterocycles. The van der Waals surface area contributed by atoms with Gasteiger partial charge in [-0.1, -0.05) is 30.3 Å². The van der Waals surface area contributed by atoms with E-state index >= 15 is 0 Å². The van der Waals surface area contributed by atoms with Gasteiger partial charge in [0.25, 0.3) is 0 Å². The number of benzene rings is 1. The van der Waals surface area contributed by atoms with Gasteiger partial charge in [-0.05, 0) is 24.1 Å². The highest BCUT2D eigenvalue weighted by molar-refractivity contribution is 5.18. The summed E-state index contributed by atoms with van der Waals surface area (Å²) in [4.78, 5) is 0. The fourth-order valence-corrected chi connectivity index (χ4v) is 1.62. The predicted octanol–water partition coefficient (Wildman–Crippen LogP) is 2.56. The first-order valence-corrected chi connectivity index (χ1v) is 5.21. The van der Waals surface area contributed by atoms with Crippen molar-refractivity contribution in [3.8, 4) is 0 Å². The van der Waals surface area contributed by atoms with E-state index in [1.165, 1.54) is 11.1 Å². The van der Waals surface area contributed by atoms with Gasteiger partial charge < -0.3 is 10.3 Å². The molecule has 2 aromatic rings. The standard InChI is InChI=1S/C13H16N2/c1-11(14)13-7-8-15(10-13)9-12-5-3-2-4-6-12/h2-8,10-11H,9,14H2,1H3/t11-/m0/s1. The summed E-state index contributed by atoms with van der Waals surface area (Å²) in [6, 6.07) is 12.6. The largest absolute Gasteiger partial charge is 0.350 e. The van der Waals surface area contributed by atoms with Crippen LogP contribution < -0.4 is 5.73 Å². The molecule has 0 saturated carbocycles. The van der Waals surface area contributed by atoms with Crippen LogP contribution in [0.25, 0.3) is 0 Å². The number of nitrogens with two attached hydrogens (primary N) is 1. The fraction of sp³-hybridized carbons (Fsp3) is 0.231. The Morgan fingerprint density at radius 2 is 1.93 bits per heavy atom. The summed E-state index contributed by atoms with van der Waals surface area (Å²) in [5.74, 6) is 0. The third-order valence-corrected chi connectivity index (χ3v) is 2.51. The molecule has 15 heavy (non-hydrogen) atoms. The van der Waals surface area contributed by atoms with Crippen molar-refractivity contribution in [2.75, 3.05) is 0 Å². The maximum atomic E-state index is 5.81. The van der Waals surface area contributed by atoms with Crippen molar-refractivity contribution in [3.63, 3.8) is 0 Å². The van der Waals surface area contributed by atoms with Gasteiger partial charge in [0.1, 0.15) is 0 Å². The Labute approximate surface area is 90.3 Å². The first-order valence-electron chi connectivity index (χ1n) is 5.21. The molecule has 0 bridgehead atoms. The van der Waals surface area contributed by atoms with Crippen LogP contribution in [-0.2, 0) is 6.54 Å². The second-order valence-electron chi connectivity index (χ2n) is 3.89. The topological polar surface area (TPSA) is 30.9 Å². The molecule has 0 radical (unpaired) electrons. The summed E-state index contributed by atoms with van der Waals surface area (Å²) in [7, 11) is 0. The second kappa shape index (κ2) is 4.32. The number of aromatic nitrogens is 1. The van der Waals surface area contributed by atoms with Crippen LogP contribution in [0.2, 0.25) is 0 Å². The first-order chi connectivity index (χ1) is 7.25. The van der Waals surface area contributed by atoms with E-state index in [-0.39, 0.29) is 6.04 Å². The average molecular weight is 200 g/mol. The molecular formula is C13H16N2. The molecule has 2 nitrogen and oxygen atoms in total. The van der Waals surface area contributed by atoms with Gasteiger partial charge in [0.2, 0.25) is 0 Å². The Hall–Kier alpha value is -1.54. The molecule has 1 aromatic carbocycles. The smallest absolute Gasteiger partial charge is 0.0470 e. The van der Waals surface area contributed by atoms with Gasteiger partial charge in [0, 0.05) is 25.0 Å². The van der Waals surface area contributed by atoms with Crippen molar-refractivity contribution in [1.82, 2.24) is 4.57 Å². The van der Waals surface area contributed by atoms with Crippen LogP contribution in [0.4, 0.5) is 0 Å². The van der Waals surface area contributed by atoms with Crippen molar-refractivity contribution in [1.29, 1.82) is 0 Å². The molecule has 0 aliphatic rings. The molecule has 1 aromatic heterocycles. The highest BCUT2D eigenvalue weighted by atomic mass is 14.9. The van der Waals surface area contributed by atoms with Gasteiger partial charge in [-0.15, -0.1) is 0 Å². The van der Waals surface area contributed by atoms with Crippen LogP contribution in [0.3, 0.4) is 0 Å². The highest BCUT2D eigenvalue weighted by Gasteiger charge is 2.01. The zero-order valence-electron chi connectivity index (χ0n) is 8.93. The summed E-state index contributed by atoms with van der Waals surface area (Å²) in [6.45, 7) is 2.91. The van der Waals surface area contributed by atoms with Gasteiger partial charge >= 0.3 is 0 Å². The third-order valence-electron chi connectivity index (χ3n) is 2.51. The minimum absolute atomic E-state index is 0.113. The Balaban J connectivity index is 2.12. The van der Waals surface area contributed by atoms with Gasteiger partial charge in [0.05, 0.1) is 0 Å². The van der Waals surface area contributed by atoms with E-state index in [1.807, 2.05) is 13.0 Å². The van der Waals surface area contributed by atoms with Crippen molar-refractivity contribution < 1.29 is 0 Å². The maximum Gasteiger partial charge on any atom is 0.0470 e. The fourth-order valence-electron chi connectivity index (χ4n) is 1.62. The molecule has 2 N–H and O–H groups in total. The zero-order chi connectivity index (χ0) is 10.7. The molecule has 0 amide bonds. The Morgan fingerprint density at radius 3 is 2.53 bits per heavy atom. The molecule has 2 heteroatoms. The van der Waals surface area contributed by atoms with Gasteiger partial charge in [-0.2, -0.15) is 0 Å². The van der Waals surface area contributed by atoms with Crippen molar-refractivity contribution in [3.05, 3.63) is 59.9 Å². The SMILES string of the molecule is C[C@H](N)c1ccn(Cc2ccccc2)c1. The van der Waals surface area contributed by atoms with Crippen LogP contribution >= 0.6 is 0 Å². The molecule has 0 saturated heterocycles. The molecule has 0 aliphatic carbocycles. The van der Waals surface area contributed by atoms with Crippen LogP contribution in [0.5, 0.6) is 0 Å². The lowest BCUT2D eigenvalue weighted by Gasteiger charge is -2.03. The van der Waals surface area contributed by atoms with Gasteiger partial charge in [-0.25, -0.2) is 0 Å². The number of hydrogen-bond donors (Lipinski definition) is 1. The quantitative estimate of drug-likeness (QED) is 0.811. The molecule has 0 unspecified atom stereocenters. The van der Waals surface area contributed by atoms with E-state index in [0.717, 1.165) is 6.54 Å². The molecule has 0 spiro atoms. The van der Waals surface area contributed by atoms with Crippen molar-refractivity contribution in [2.45, 2.75) is 19.5 Å². The molecule has 78 valence electrons.